The third-order valence-electron chi connectivity index (χ3n) is 5.53. The van der Waals surface area contributed by atoms with Crippen molar-refractivity contribution in [1.29, 1.82) is 0 Å². The van der Waals surface area contributed by atoms with E-state index >= 15 is 0 Å². The van der Waals surface area contributed by atoms with Gasteiger partial charge < -0.3 is 20.5 Å². The standard InChI is InChI=1S/C29H40N2O4/c1-20(2)26(25(32)18-21(3)17-22-13-9-7-10-14-22)31-27(33)24(19-23-15-11-8-12-16-23)30-28(34)35-29(4,5)6/h7-16,20,24-26,32H,3,17-19H2,1-2,4-6H3,(H,30,34)(H,31,33)/t24-,25-,26-/m0/s1. The van der Waals surface area contributed by atoms with E-state index in [0.29, 0.717) is 19.3 Å². The zero-order valence-electron chi connectivity index (χ0n) is 21.6. The molecular weight excluding hydrogens is 440 g/mol. The van der Waals surface area contributed by atoms with Crippen LogP contribution < -0.4 is 10.6 Å². The maximum Gasteiger partial charge on any atom is 0.408 e. The van der Waals surface area contributed by atoms with Crippen molar-refractivity contribution < 1.29 is 19.4 Å². The summed E-state index contributed by atoms with van der Waals surface area (Å²) in [7, 11) is 0. The molecule has 0 heterocycles. The molecule has 0 aliphatic carbocycles. The SMILES string of the molecule is C=C(Cc1ccccc1)C[C@H](O)[C@@H](NC(=O)[C@H](Cc1ccccc1)NC(=O)OC(C)(C)C)C(C)C. The Morgan fingerprint density at radius 1 is 0.943 bits per heavy atom. The second-order valence-electron chi connectivity index (χ2n) is 10.4. The molecule has 6 heteroatoms. The number of alkyl carbamates (subject to hydrolysis) is 1. The molecule has 6 nitrogen and oxygen atoms in total. The van der Waals surface area contributed by atoms with Gasteiger partial charge in [0, 0.05) is 6.42 Å². The van der Waals surface area contributed by atoms with Gasteiger partial charge in [0.2, 0.25) is 5.91 Å². The number of carbonyl (C=O) groups is 2. The van der Waals surface area contributed by atoms with Crippen molar-refractivity contribution in [3.63, 3.8) is 0 Å². The molecule has 0 fully saturated rings. The fourth-order valence-corrected chi connectivity index (χ4v) is 3.86. The van der Waals surface area contributed by atoms with Crippen LogP contribution in [0.15, 0.2) is 72.8 Å². The Balaban J connectivity index is 2.10. The van der Waals surface area contributed by atoms with E-state index in [0.717, 1.165) is 16.7 Å². The molecule has 3 atom stereocenters. The van der Waals surface area contributed by atoms with Crippen LogP contribution in [0.1, 0.15) is 52.2 Å². The fourth-order valence-electron chi connectivity index (χ4n) is 3.86. The van der Waals surface area contributed by atoms with Crippen LogP contribution in [0.2, 0.25) is 0 Å². The first-order valence-electron chi connectivity index (χ1n) is 12.2. The summed E-state index contributed by atoms with van der Waals surface area (Å²) in [5.74, 6) is -0.400. The molecule has 0 bridgehead atoms. The van der Waals surface area contributed by atoms with E-state index in [1.165, 1.54) is 0 Å². The monoisotopic (exact) mass is 480 g/mol. The molecule has 0 aliphatic rings. The highest BCUT2D eigenvalue weighted by Crippen LogP contribution is 2.18. The summed E-state index contributed by atoms with van der Waals surface area (Å²) < 4.78 is 5.37. The van der Waals surface area contributed by atoms with E-state index < -0.39 is 29.9 Å². The van der Waals surface area contributed by atoms with E-state index in [2.05, 4.69) is 17.2 Å². The maximum absolute atomic E-state index is 13.3. The topological polar surface area (TPSA) is 87.7 Å². The van der Waals surface area contributed by atoms with Crippen LogP contribution in [0.25, 0.3) is 0 Å². The molecule has 0 saturated heterocycles. The van der Waals surface area contributed by atoms with E-state index in [4.69, 9.17) is 4.74 Å². The molecule has 0 saturated carbocycles. The molecule has 190 valence electrons. The Labute approximate surface area is 209 Å². The average molecular weight is 481 g/mol. The minimum atomic E-state index is -0.853. The summed E-state index contributed by atoms with van der Waals surface area (Å²) in [5, 5.41) is 16.7. The lowest BCUT2D eigenvalue weighted by Gasteiger charge is -2.30. The van der Waals surface area contributed by atoms with Crippen molar-refractivity contribution in [2.75, 3.05) is 0 Å². The molecule has 2 rings (SSSR count). The second kappa shape index (κ2) is 13.1. The molecule has 0 aromatic heterocycles. The summed E-state index contributed by atoms with van der Waals surface area (Å²) in [5.41, 5.74) is 2.23. The average Bonchev–Trinajstić information content (AvgIpc) is 2.76. The maximum atomic E-state index is 13.3. The predicted octanol–water partition coefficient (Wildman–Crippen LogP) is 4.81. The van der Waals surface area contributed by atoms with Gasteiger partial charge in [-0.15, -0.1) is 0 Å². The molecule has 35 heavy (non-hydrogen) atoms. The number of aliphatic hydroxyl groups is 1. The van der Waals surface area contributed by atoms with Crippen LogP contribution in [0.5, 0.6) is 0 Å². The molecule has 0 radical (unpaired) electrons. The molecule has 3 N–H and O–H groups in total. The summed E-state index contributed by atoms with van der Waals surface area (Å²) >= 11 is 0. The molecule has 0 spiro atoms. The van der Waals surface area contributed by atoms with E-state index in [1.54, 1.807) is 20.8 Å². The van der Waals surface area contributed by atoms with Gasteiger partial charge in [-0.2, -0.15) is 0 Å². The second-order valence-corrected chi connectivity index (χ2v) is 10.4. The zero-order chi connectivity index (χ0) is 26.0. The van der Waals surface area contributed by atoms with Gasteiger partial charge in [-0.3, -0.25) is 4.79 Å². The lowest BCUT2D eigenvalue weighted by Crippen LogP contribution is -2.55. The van der Waals surface area contributed by atoms with Crippen LogP contribution >= 0.6 is 0 Å². The highest BCUT2D eigenvalue weighted by atomic mass is 16.6. The normalized spacial score (nSPS) is 14.0. The number of amides is 2. The highest BCUT2D eigenvalue weighted by molar-refractivity contribution is 5.86. The van der Waals surface area contributed by atoms with Gasteiger partial charge in [-0.05, 0) is 50.7 Å². The summed E-state index contributed by atoms with van der Waals surface area (Å²) in [6.45, 7) is 13.3. The van der Waals surface area contributed by atoms with Gasteiger partial charge in [0.05, 0.1) is 12.1 Å². The summed E-state index contributed by atoms with van der Waals surface area (Å²) in [4.78, 5) is 25.8. The van der Waals surface area contributed by atoms with Crippen LogP contribution in [-0.4, -0.2) is 40.9 Å². The van der Waals surface area contributed by atoms with E-state index in [9.17, 15) is 14.7 Å². The number of nitrogens with one attached hydrogen (secondary N) is 2. The first kappa shape index (κ1) is 28.1. The largest absolute Gasteiger partial charge is 0.444 e. The van der Waals surface area contributed by atoms with Gasteiger partial charge in [-0.25, -0.2) is 4.79 Å². The molecule has 2 aromatic carbocycles. The van der Waals surface area contributed by atoms with Gasteiger partial charge in [-0.1, -0.05) is 86.7 Å². The zero-order valence-corrected chi connectivity index (χ0v) is 21.6. The molecule has 2 aromatic rings. The van der Waals surface area contributed by atoms with Gasteiger partial charge in [0.15, 0.2) is 0 Å². The third kappa shape index (κ3) is 10.4. The Morgan fingerprint density at radius 2 is 1.49 bits per heavy atom. The minimum Gasteiger partial charge on any atom is -0.444 e. The number of aliphatic hydroxyl groups excluding tert-OH is 1. The lowest BCUT2D eigenvalue weighted by molar-refractivity contribution is -0.125. The van der Waals surface area contributed by atoms with Gasteiger partial charge in [0.25, 0.3) is 0 Å². The molecular formula is C29H40N2O4. The molecule has 0 aliphatic heterocycles. The van der Waals surface area contributed by atoms with Gasteiger partial charge in [0.1, 0.15) is 11.6 Å². The molecule has 2 amide bonds. The van der Waals surface area contributed by atoms with Crippen molar-refractivity contribution in [2.24, 2.45) is 5.92 Å². The van der Waals surface area contributed by atoms with Crippen molar-refractivity contribution in [3.05, 3.63) is 83.9 Å². The lowest BCUT2D eigenvalue weighted by atomic mass is 9.91. The van der Waals surface area contributed by atoms with Crippen molar-refractivity contribution in [1.82, 2.24) is 10.6 Å². The van der Waals surface area contributed by atoms with Crippen LogP contribution in [-0.2, 0) is 22.4 Å². The molecule has 0 unspecified atom stereocenters. The minimum absolute atomic E-state index is 0.0302. The van der Waals surface area contributed by atoms with Crippen LogP contribution in [0, 0.1) is 5.92 Å². The first-order valence-corrected chi connectivity index (χ1v) is 12.2. The Kier molecular flexibility index (Phi) is 10.5. The number of hydrogen-bond acceptors (Lipinski definition) is 4. The smallest absolute Gasteiger partial charge is 0.408 e. The number of carbonyl (C=O) groups excluding carboxylic acids is 2. The summed E-state index contributed by atoms with van der Waals surface area (Å²) in [6.07, 6.45) is -0.150. The van der Waals surface area contributed by atoms with Crippen molar-refractivity contribution >= 4 is 12.0 Å². The Morgan fingerprint density at radius 3 is 2.00 bits per heavy atom. The number of rotatable bonds is 11. The number of ether oxygens (including phenoxy) is 1. The number of hydrogen-bond donors (Lipinski definition) is 3. The Bertz CT molecular complexity index is 952. The van der Waals surface area contributed by atoms with Crippen molar-refractivity contribution in [3.8, 4) is 0 Å². The van der Waals surface area contributed by atoms with Crippen LogP contribution in [0.3, 0.4) is 0 Å². The highest BCUT2D eigenvalue weighted by Gasteiger charge is 2.30. The van der Waals surface area contributed by atoms with E-state index in [1.807, 2.05) is 74.5 Å². The first-order chi connectivity index (χ1) is 16.4. The number of benzene rings is 2. The Hall–Kier alpha value is -3.12. The quantitative estimate of drug-likeness (QED) is 0.403. The predicted molar refractivity (Wildman–Crippen MR) is 140 cm³/mol. The third-order valence-corrected chi connectivity index (χ3v) is 5.53. The summed E-state index contributed by atoms with van der Waals surface area (Å²) in [6, 6.07) is 18.1. The van der Waals surface area contributed by atoms with Crippen molar-refractivity contribution in [2.45, 2.75) is 77.7 Å². The van der Waals surface area contributed by atoms with E-state index in [-0.39, 0.29) is 11.8 Å². The fraction of sp³-hybridized carbons (Fsp3) is 0.448. The van der Waals surface area contributed by atoms with Gasteiger partial charge >= 0.3 is 6.09 Å². The van der Waals surface area contributed by atoms with Crippen LogP contribution in [0.4, 0.5) is 4.79 Å².